The molecule has 2 unspecified atom stereocenters. The van der Waals surface area contributed by atoms with Gasteiger partial charge in [-0.1, -0.05) is 30.3 Å². The quantitative estimate of drug-likeness (QED) is 0.894. The fourth-order valence-corrected chi connectivity index (χ4v) is 3.04. The van der Waals surface area contributed by atoms with E-state index in [1.807, 2.05) is 18.2 Å². The van der Waals surface area contributed by atoms with Gasteiger partial charge in [-0.2, -0.15) is 0 Å². The first-order chi connectivity index (χ1) is 10.1. The molecule has 5 heteroatoms. The van der Waals surface area contributed by atoms with Gasteiger partial charge in [-0.25, -0.2) is 4.79 Å². The van der Waals surface area contributed by atoms with Crippen molar-refractivity contribution in [2.24, 2.45) is 5.92 Å². The van der Waals surface area contributed by atoms with E-state index in [-0.39, 0.29) is 12.1 Å². The van der Waals surface area contributed by atoms with Crippen molar-refractivity contribution in [3.8, 4) is 0 Å². The van der Waals surface area contributed by atoms with Crippen LogP contribution in [-0.4, -0.2) is 41.1 Å². The SMILES string of the molecule is O=C(O)[C@H]1CCCN(C(=O)NC2CC2c2ccccc2)C1. The van der Waals surface area contributed by atoms with Crippen molar-refractivity contribution in [2.45, 2.75) is 31.2 Å². The number of rotatable bonds is 3. The Morgan fingerprint density at radius 3 is 2.71 bits per heavy atom. The Bertz CT molecular complexity index is 532. The average molecular weight is 288 g/mol. The van der Waals surface area contributed by atoms with Crippen molar-refractivity contribution in [1.29, 1.82) is 0 Å². The highest BCUT2D eigenvalue weighted by molar-refractivity contribution is 5.77. The minimum atomic E-state index is -0.805. The van der Waals surface area contributed by atoms with Crippen LogP contribution in [0.5, 0.6) is 0 Å². The smallest absolute Gasteiger partial charge is 0.317 e. The lowest BCUT2D eigenvalue weighted by molar-refractivity contribution is -0.143. The summed E-state index contributed by atoms with van der Waals surface area (Å²) in [6.45, 7) is 0.974. The molecule has 5 nitrogen and oxygen atoms in total. The number of carboxylic acid groups (broad SMARTS) is 1. The van der Waals surface area contributed by atoms with Crippen molar-refractivity contribution < 1.29 is 14.7 Å². The lowest BCUT2D eigenvalue weighted by atomic mass is 9.99. The zero-order valence-electron chi connectivity index (χ0n) is 11.9. The standard InChI is InChI=1S/C16H20N2O3/c19-15(20)12-7-4-8-18(10-12)16(21)17-14-9-13(14)11-5-2-1-3-6-11/h1-3,5-6,12-14H,4,7-10H2,(H,17,21)(H,19,20)/t12-,13?,14?/m0/s1. The summed E-state index contributed by atoms with van der Waals surface area (Å²) in [5.41, 5.74) is 1.25. The Labute approximate surface area is 123 Å². The van der Waals surface area contributed by atoms with Crippen molar-refractivity contribution >= 4 is 12.0 Å². The van der Waals surface area contributed by atoms with E-state index in [9.17, 15) is 9.59 Å². The van der Waals surface area contributed by atoms with Gasteiger partial charge in [0.2, 0.25) is 0 Å². The number of likely N-dealkylation sites (tertiary alicyclic amines) is 1. The maximum atomic E-state index is 12.2. The molecule has 112 valence electrons. The number of urea groups is 1. The Kier molecular flexibility index (Phi) is 3.82. The van der Waals surface area contributed by atoms with Gasteiger partial charge in [0.1, 0.15) is 0 Å². The third-order valence-electron chi connectivity index (χ3n) is 4.38. The van der Waals surface area contributed by atoms with Gasteiger partial charge in [-0.3, -0.25) is 4.79 Å². The molecule has 1 aromatic carbocycles. The summed E-state index contributed by atoms with van der Waals surface area (Å²) in [5, 5.41) is 12.1. The molecule has 1 aromatic rings. The number of benzene rings is 1. The molecule has 3 atom stereocenters. The summed E-state index contributed by atoms with van der Waals surface area (Å²) in [6.07, 6.45) is 2.39. The van der Waals surface area contributed by atoms with E-state index in [1.165, 1.54) is 5.56 Å². The van der Waals surface area contributed by atoms with Gasteiger partial charge in [-0.15, -0.1) is 0 Å². The van der Waals surface area contributed by atoms with Crippen molar-refractivity contribution in [2.75, 3.05) is 13.1 Å². The first kappa shape index (κ1) is 13.9. The van der Waals surface area contributed by atoms with Gasteiger partial charge in [-0.05, 0) is 24.8 Å². The third-order valence-corrected chi connectivity index (χ3v) is 4.38. The fraction of sp³-hybridized carbons (Fsp3) is 0.500. The Morgan fingerprint density at radius 2 is 2.00 bits per heavy atom. The predicted octanol–water partition coefficient (Wildman–Crippen LogP) is 2.05. The van der Waals surface area contributed by atoms with Crippen LogP contribution in [0.15, 0.2) is 30.3 Å². The lowest BCUT2D eigenvalue weighted by Gasteiger charge is -2.30. The minimum absolute atomic E-state index is 0.121. The van der Waals surface area contributed by atoms with Gasteiger partial charge >= 0.3 is 12.0 Å². The summed E-state index contributed by atoms with van der Waals surface area (Å²) >= 11 is 0. The molecule has 2 fully saturated rings. The zero-order chi connectivity index (χ0) is 14.8. The summed E-state index contributed by atoms with van der Waals surface area (Å²) < 4.78 is 0. The molecular weight excluding hydrogens is 268 g/mol. The number of nitrogens with zero attached hydrogens (tertiary/aromatic N) is 1. The highest BCUT2D eigenvalue weighted by Gasteiger charge is 2.40. The largest absolute Gasteiger partial charge is 0.481 e. The molecular formula is C16H20N2O3. The molecule has 1 aliphatic heterocycles. The first-order valence-electron chi connectivity index (χ1n) is 7.48. The normalized spacial score (nSPS) is 28.0. The predicted molar refractivity (Wildman–Crippen MR) is 78.1 cm³/mol. The van der Waals surface area contributed by atoms with Crippen LogP contribution in [0.25, 0.3) is 0 Å². The molecule has 1 aliphatic carbocycles. The van der Waals surface area contributed by atoms with Gasteiger partial charge < -0.3 is 15.3 Å². The van der Waals surface area contributed by atoms with E-state index < -0.39 is 11.9 Å². The van der Waals surface area contributed by atoms with E-state index in [4.69, 9.17) is 5.11 Å². The monoisotopic (exact) mass is 288 g/mol. The van der Waals surface area contributed by atoms with Gasteiger partial charge in [0.15, 0.2) is 0 Å². The van der Waals surface area contributed by atoms with Crippen LogP contribution >= 0.6 is 0 Å². The van der Waals surface area contributed by atoms with Crippen molar-refractivity contribution in [3.63, 3.8) is 0 Å². The van der Waals surface area contributed by atoms with Crippen LogP contribution in [-0.2, 0) is 4.79 Å². The lowest BCUT2D eigenvalue weighted by Crippen LogP contribution is -2.47. The zero-order valence-corrected chi connectivity index (χ0v) is 11.9. The Balaban J connectivity index is 1.52. The number of carbonyl (C=O) groups is 2. The highest BCUT2D eigenvalue weighted by atomic mass is 16.4. The van der Waals surface area contributed by atoms with E-state index >= 15 is 0 Å². The fourth-order valence-electron chi connectivity index (χ4n) is 3.04. The molecule has 0 bridgehead atoms. The summed E-state index contributed by atoms with van der Waals surface area (Å²) in [4.78, 5) is 24.9. The number of hydrogen-bond acceptors (Lipinski definition) is 2. The second kappa shape index (κ2) is 5.76. The molecule has 0 spiro atoms. The molecule has 2 amide bonds. The molecule has 0 aromatic heterocycles. The maximum absolute atomic E-state index is 12.2. The second-order valence-corrected chi connectivity index (χ2v) is 5.93. The number of carbonyl (C=O) groups excluding carboxylic acids is 1. The Morgan fingerprint density at radius 1 is 1.24 bits per heavy atom. The van der Waals surface area contributed by atoms with E-state index in [2.05, 4.69) is 17.4 Å². The molecule has 2 N–H and O–H groups in total. The molecule has 0 radical (unpaired) electrons. The molecule has 21 heavy (non-hydrogen) atoms. The van der Waals surface area contributed by atoms with Crippen LogP contribution in [0.2, 0.25) is 0 Å². The first-order valence-corrected chi connectivity index (χ1v) is 7.48. The molecule has 3 rings (SSSR count). The number of aliphatic carboxylic acids is 1. The number of piperidine rings is 1. The average Bonchev–Trinajstić information content (AvgIpc) is 3.27. The van der Waals surface area contributed by atoms with Crippen LogP contribution < -0.4 is 5.32 Å². The number of amides is 2. The Hall–Kier alpha value is -2.04. The minimum Gasteiger partial charge on any atom is -0.481 e. The third kappa shape index (κ3) is 3.17. The summed E-state index contributed by atoms with van der Waals surface area (Å²) in [7, 11) is 0. The van der Waals surface area contributed by atoms with Gasteiger partial charge in [0.05, 0.1) is 5.92 Å². The van der Waals surface area contributed by atoms with E-state index in [1.54, 1.807) is 4.90 Å². The molecule has 1 heterocycles. The number of nitrogens with one attached hydrogen (secondary N) is 1. The maximum Gasteiger partial charge on any atom is 0.317 e. The van der Waals surface area contributed by atoms with Crippen LogP contribution in [0.1, 0.15) is 30.7 Å². The van der Waals surface area contributed by atoms with Gasteiger partial charge in [0.25, 0.3) is 0 Å². The molecule has 2 aliphatic rings. The van der Waals surface area contributed by atoms with E-state index in [0.29, 0.717) is 25.4 Å². The highest BCUT2D eigenvalue weighted by Crippen LogP contribution is 2.40. The van der Waals surface area contributed by atoms with Crippen LogP contribution in [0, 0.1) is 5.92 Å². The topological polar surface area (TPSA) is 69.6 Å². The van der Waals surface area contributed by atoms with Crippen LogP contribution in [0.3, 0.4) is 0 Å². The van der Waals surface area contributed by atoms with Crippen molar-refractivity contribution in [3.05, 3.63) is 35.9 Å². The van der Waals surface area contributed by atoms with E-state index in [0.717, 1.165) is 12.8 Å². The second-order valence-electron chi connectivity index (χ2n) is 5.93. The summed E-state index contributed by atoms with van der Waals surface area (Å²) in [5.74, 6) is -0.829. The summed E-state index contributed by atoms with van der Waals surface area (Å²) in [6, 6.07) is 10.2. The number of carboxylic acids is 1. The molecule has 1 saturated carbocycles. The van der Waals surface area contributed by atoms with Gasteiger partial charge in [0, 0.05) is 25.0 Å². The number of hydrogen-bond donors (Lipinski definition) is 2. The van der Waals surface area contributed by atoms with Crippen LogP contribution in [0.4, 0.5) is 4.79 Å². The molecule has 1 saturated heterocycles. The van der Waals surface area contributed by atoms with Crippen molar-refractivity contribution in [1.82, 2.24) is 10.2 Å².